The average Bonchev–Trinajstić information content (AvgIpc) is 2.74. The number of nitrogens with zero attached hydrogens (tertiary/aromatic N) is 2. The normalized spacial score (nSPS) is 15.9. The van der Waals surface area contributed by atoms with Gasteiger partial charge >= 0.3 is 0 Å². The number of hydrogen-bond acceptors (Lipinski definition) is 5. The summed E-state index contributed by atoms with van der Waals surface area (Å²) in [6.07, 6.45) is 0.573. The van der Waals surface area contributed by atoms with Gasteiger partial charge in [0.15, 0.2) is 0 Å². The van der Waals surface area contributed by atoms with E-state index in [-0.39, 0.29) is 5.91 Å². The summed E-state index contributed by atoms with van der Waals surface area (Å²) in [5, 5.41) is 0. The van der Waals surface area contributed by atoms with Crippen LogP contribution in [0.1, 0.15) is 11.1 Å². The molecule has 3 rings (SSSR count). The lowest BCUT2D eigenvalue weighted by molar-refractivity contribution is -0.134. The van der Waals surface area contributed by atoms with E-state index >= 15 is 0 Å². The second-order valence-electron chi connectivity index (χ2n) is 7.12. The molecule has 0 aromatic heterocycles. The van der Waals surface area contributed by atoms with E-state index in [1.54, 1.807) is 14.2 Å². The van der Waals surface area contributed by atoms with Crippen molar-refractivity contribution >= 4 is 5.91 Å². The zero-order valence-electron chi connectivity index (χ0n) is 16.6. The Balaban J connectivity index is 1.52. The standard InChI is InChI=1S/C22H29N3O3/c1-27-19-12-18(13-20(15-19)28-2)16-24-8-10-25(11-9-24)22(26)21(23)14-17-6-4-3-5-7-17/h3-7,12-13,15,21H,8-11,14,16,23H2,1-2H3. The van der Waals surface area contributed by atoms with Gasteiger partial charge in [0.2, 0.25) is 5.91 Å². The van der Waals surface area contributed by atoms with E-state index in [0.717, 1.165) is 42.3 Å². The first-order valence-corrected chi connectivity index (χ1v) is 9.61. The van der Waals surface area contributed by atoms with Crippen LogP contribution >= 0.6 is 0 Å². The summed E-state index contributed by atoms with van der Waals surface area (Å²) in [7, 11) is 3.31. The highest BCUT2D eigenvalue weighted by atomic mass is 16.5. The Hall–Kier alpha value is -2.57. The van der Waals surface area contributed by atoms with Crippen LogP contribution in [0, 0.1) is 0 Å². The van der Waals surface area contributed by atoms with Gasteiger partial charge in [0, 0.05) is 38.8 Å². The summed E-state index contributed by atoms with van der Waals surface area (Å²) in [4.78, 5) is 16.9. The van der Waals surface area contributed by atoms with Crippen molar-refractivity contribution in [3.8, 4) is 11.5 Å². The number of ether oxygens (including phenoxy) is 2. The van der Waals surface area contributed by atoms with Crippen molar-refractivity contribution in [1.82, 2.24) is 9.80 Å². The van der Waals surface area contributed by atoms with E-state index in [2.05, 4.69) is 4.90 Å². The molecule has 6 heteroatoms. The van der Waals surface area contributed by atoms with Crippen molar-refractivity contribution in [3.05, 3.63) is 59.7 Å². The number of rotatable bonds is 7. The molecule has 150 valence electrons. The number of carbonyl (C=O) groups excluding carboxylic acids is 1. The number of nitrogens with two attached hydrogens (primary N) is 1. The molecule has 0 spiro atoms. The third kappa shape index (κ3) is 5.24. The fraction of sp³-hybridized carbons (Fsp3) is 0.409. The number of hydrogen-bond donors (Lipinski definition) is 1. The van der Waals surface area contributed by atoms with Gasteiger partial charge in [-0.05, 0) is 29.7 Å². The molecule has 1 amide bonds. The molecule has 0 bridgehead atoms. The fourth-order valence-electron chi connectivity index (χ4n) is 3.53. The summed E-state index contributed by atoms with van der Waals surface area (Å²) in [6.45, 7) is 3.84. The molecule has 0 aliphatic carbocycles. The predicted octanol–water partition coefficient (Wildman–Crippen LogP) is 1.92. The summed E-state index contributed by atoms with van der Waals surface area (Å²) < 4.78 is 10.7. The minimum absolute atomic E-state index is 0.0338. The first kappa shape index (κ1) is 20.2. The molecule has 2 N–H and O–H groups in total. The molecule has 1 atom stereocenters. The van der Waals surface area contributed by atoms with Crippen LogP contribution in [0.15, 0.2) is 48.5 Å². The number of benzene rings is 2. The van der Waals surface area contributed by atoms with Crippen molar-refractivity contribution in [2.24, 2.45) is 5.73 Å². The van der Waals surface area contributed by atoms with E-state index < -0.39 is 6.04 Å². The maximum absolute atomic E-state index is 12.7. The van der Waals surface area contributed by atoms with Gasteiger partial charge in [0.05, 0.1) is 20.3 Å². The minimum Gasteiger partial charge on any atom is -0.497 e. The van der Waals surface area contributed by atoms with E-state index in [1.165, 1.54) is 0 Å². The molecule has 0 radical (unpaired) electrons. The molecule has 1 aliphatic rings. The van der Waals surface area contributed by atoms with Gasteiger partial charge in [-0.3, -0.25) is 9.69 Å². The maximum atomic E-state index is 12.7. The highest BCUT2D eigenvalue weighted by Crippen LogP contribution is 2.23. The Morgan fingerprint density at radius 1 is 0.964 bits per heavy atom. The van der Waals surface area contributed by atoms with Crippen LogP contribution in [0.3, 0.4) is 0 Å². The zero-order valence-corrected chi connectivity index (χ0v) is 16.6. The van der Waals surface area contributed by atoms with E-state index in [9.17, 15) is 4.79 Å². The van der Waals surface area contributed by atoms with Gasteiger partial charge in [0.25, 0.3) is 0 Å². The Morgan fingerprint density at radius 2 is 1.57 bits per heavy atom. The molecule has 1 heterocycles. The Bertz CT molecular complexity index is 752. The van der Waals surface area contributed by atoms with E-state index in [0.29, 0.717) is 19.5 Å². The third-order valence-electron chi connectivity index (χ3n) is 5.12. The van der Waals surface area contributed by atoms with Crippen LogP contribution in [0.5, 0.6) is 11.5 Å². The molecule has 6 nitrogen and oxygen atoms in total. The van der Waals surface area contributed by atoms with Crippen molar-refractivity contribution in [2.75, 3.05) is 40.4 Å². The molecule has 1 fully saturated rings. The second-order valence-corrected chi connectivity index (χ2v) is 7.12. The lowest BCUT2D eigenvalue weighted by Gasteiger charge is -2.36. The van der Waals surface area contributed by atoms with Crippen molar-refractivity contribution < 1.29 is 14.3 Å². The Kier molecular flexibility index (Phi) is 6.90. The summed E-state index contributed by atoms with van der Waals surface area (Å²) in [5.41, 5.74) is 8.40. The lowest BCUT2D eigenvalue weighted by atomic mass is 10.1. The molecule has 0 saturated carbocycles. The van der Waals surface area contributed by atoms with Crippen LogP contribution in [-0.2, 0) is 17.8 Å². The van der Waals surface area contributed by atoms with Crippen molar-refractivity contribution in [3.63, 3.8) is 0 Å². The van der Waals surface area contributed by atoms with Crippen molar-refractivity contribution in [2.45, 2.75) is 19.0 Å². The van der Waals surface area contributed by atoms with Crippen LogP contribution in [0.2, 0.25) is 0 Å². The van der Waals surface area contributed by atoms with Crippen LogP contribution in [-0.4, -0.2) is 62.1 Å². The number of methoxy groups -OCH3 is 2. The highest BCUT2D eigenvalue weighted by molar-refractivity contribution is 5.82. The largest absolute Gasteiger partial charge is 0.497 e. The van der Waals surface area contributed by atoms with Gasteiger partial charge in [-0.15, -0.1) is 0 Å². The maximum Gasteiger partial charge on any atom is 0.239 e. The van der Waals surface area contributed by atoms with Crippen LogP contribution < -0.4 is 15.2 Å². The number of amides is 1. The molecule has 1 aliphatic heterocycles. The molecule has 2 aromatic rings. The van der Waals surface area contributed by atoms with Gasteiger partial charge in [0.1, 0.15) is 11.5 Å². The smallest absolute Gasteiger partial charge is 0.239 e. The monoisotopic (exact) mass is 383 g/mol. The second kappa shape index (κ2) is 9.57. The topological polar surface area (TPSA) is 68.0 Å². The first-order valence-electron chi connectivity index (χ1n) is 9.61. The minimum atomic E-state index is -0.489. The van der Waals surface area contributed by atoms with E-state index in [1.807, 2.05) is 53.4 Å². The SMILES string of the molecule is COc1cc(CN2CCN(C(=O)C(N)Cc3ccccc3)CC2)cc(OC)c1. The fourth-order valence-corrected chi connectivity index (χ4v) is 3.53. The lowest BCUT2D eigenvalue weighted by Crippen LogP contribution is -2.53. The molecular formula is C22H29N3O3. The molecule has 2 aromatic carbocycles. The van der Waals surface area contributed by atoms with Gasteiger partial charge in [-0.25, -0.2) is 0 Å². The van der Waals surface area contributed by atoms with Gasteiger partial charge in [-0.1, -0.05) is 30.3 Å². The summed E-state index contributed by atoms with van der Waals surface area (Å²) in [6, 6.07) is 15.4. The Labute approximate surface area is 166 Å². The third-order valence-corrected chi connectivity index (χ3v) is 5.12. The molecular weight excluding hydrogens is 354 g/mol. The predicted molar refractivity (Wildman–Crippen MR) is 110 cm³/mol. The number of piperazine rings is 1. The summed E-state index contributed by atoms with van der Waals surface area (Å²) in [5.74, 6) is 1.61. The molecule has 1 saturated heterocycles. The molecule has 1 unspecified atom stereocenters. The van der Waals surface area contributed by atoms with Gasteiger partial charge < -0.3 is 20.1 Å². The quantitative estimate of drug-likeness (QED) is 0.791. The van der Waals surface area contributed by atoms with Crippen LogP contribution in [0.4, 0.5) is 0 Å². The summed E-state index contributed by atoms with van der Waals surface area (Å²) >= 11 is 0. The van der Waals surface area contributed by atoms with Crippen molar-refractivity contribution in [1.29, 1.82) is 0 Å². The molecule has 28 heavy (non-hydrogen) atoms. The average molecular weight is 383 g/mol. The Morgan fingerprint density at radius 3 is 2.14 bits per heavy atom. The van der Waals surface area contributed by atoms with E-state index in [4.69, 9.17) is 15.2 Å². The van der Waals surface area contributed by atoms with Crippen LogP contribution in [0.25, 0.3) is 0 Å². The number of carbonyl (C=O) groups is 1. The first-order chi connectivity index (χ1) is 13.6. The zero-order chi connectivity index (χ0) is 19.9. The van der Waals surface area contributed by atoms with Gasteiger partial charge in [-0.2, -0.15) is 0 Å². The highest BCUT2D eigenvalue weighted by Gasteiger charge is 2.25.